The van der Waals surface area contributed by atoms with E-state index in [2.05, 4.69) is 0 Å². The summed E-state index contributed by atoms with van der Waals surface area (Å²) < 4.78 is 53.9. The van der Waals surface area contributed by atoms with E-state index in [-0.39, 0.29) is 5.57 Å². The molecule has 0 N–H and O–H groups in total. The van der Waals surface area contributed by atoms with Crippen LogP contribution in [0.2, 0.25) is 0 Å². The fourth-order valence-corrected chi connectivity index (χ4v) is 2.41. The first-order valence-corrected chi connectivity index (χ1v) is 7.44. The highest BCUT2D eigenvalue weighted by atomic mass is 19.4. The van der Waals surface area contributed by atoms with Gasteiger partial charge in [0.05, 0.1) is 38.5 Å². The molecule has 136 valence electrons. The van der Waals surface area contributed by atoms with E-state index in [1.165, 1.54) is 39.5 Å². The van der Waals surface area contributed by atoms with Gasteiger partial charge in [-0.15, -0.1) is 0 Å². The van der Waals surface area contributed by atoms with Gasteiger partial charge in [0, 0.05) is 5.56 Å². The molecule has 0 aliphatic rings. The Bertz CT molecular complexity index is 850. The molecule has 0 bridgehead atoms. The Labute approximate surface area is 149 Å². The standard InChI is InChI=1S/C19H16F3NO3/c1-24-16-9-6-13(17(25-2)18(16)26-3)10-14(11-23)12-4-7-15(8-5-12)19(20,21)22/h4-10H,1-3H3/b14-10+. The van der Waals surface area contributed by atoms with Crippen molar-refractivity contribution in [1.29, 1.82) is 5.26 Å². The van der Waals surface area contributed by atoms with Crippen molar-refractivity contribution >= 4 is 11.6 Å². The lowest BCUT2D eigenvalue weighted by atomic mass is 10.0. The molecular formula is C19H16F3NO3. The fourth-order valence-electron chi connectivity index (χ4n) is 2.41. The van der Waals surface area contributed by atoms with Gasteiger partial charge in [0.1, 0.15) is 0 Å². The molecule has 0 aromatic heterocycles. The molecule has 0 heterocycles. The zero-order valence-corrected chi connectivity index (χ0v) is 14.3. The summed E-state index contributed by atoms with van der Waals surface area (Å²) in [4.78, 5) is 0. The maximum atomic E-state index is 12.7. The fraction of sp³-hybridized carbons (Fsp3) is 0.211. The van der Waals surface area contributed by atoms with E-state index < -0.39 is 11.7 Å². The van der Waals surface area contributed by atoms with Gasteiger partial charge in [-0.05, 0) is 35.9 Å². The number of halogens is 3. The molecule has 0 spiro atoms. The summed E-state index contributed by atoms with van der Waals surface area (Å²) in [6, 6.07) is 9.69. The van der Waals surface area contributed by atoms with Gasteiger partial charge in [-0.2, -0.15) is 18.4 Å². The first-order valence-electron chi connectivity index (χ1n) is 7.44. The Kier molecular flexibility index (Phi) is 5.78. The van der Waals surface area contributed by atoms with Gasteiger partial charge < -0.3 is 14.2 Å². The largest absolute Gasteiger partial charge is 0.493 e. The van der Waals surface area contributed by atoms with Crippen LogP contribution in [-0.2, 0) is 6.18 Å². The monoisotopic (exact) mass is 363 g/mol. The van der Waals surface area contributed by atoms with Crippen molar-refractivity contribution in [1.82, 2.24) is 0 Å². The van der Waals surface area contributed by atoms with Gasteiger partial charge in [-0.25, -0.2) is 0 Å². The highest BCUT2D eigenvalue weighted by molar-refractivity contribution is 5.91. The molecule has 7 heteroatoms. The Hall–Kier alpha value is -3.14. The zero-order valence-electron chi connectivity index (χ0n) is 14.3. The van der Waals surface area contributed by atoms with Gasteiger partial charge >= 0.3 is 6.18 Å². The SMILES string of the molecule is COc1ccc(/C=C(\C#N)c2ccc(C(F)(F)F)cc2)c(OC)c1OC. The second-order valence-corrected chi connectivity index (χ2v) is 5.17. The Morgan fingerprint density at radius 2 is 1.54 bits per heavy atom. The molecule has 0 amide bonds. The Morgan fingerprint density at radius 3 is 2.00 bits per heavy atom. The number of methoxy groups -OCH3 is 3. The minimum absolute atomic E-state index is 0.184. The molecule has 4 nitrogen and oxygen atoms in total. The third-order valence-corrected chi connectivity index (χ3v) is 3.68. The summed E-state index contributed by atoms with van der Waals surface area (Å²) in [6.07, 6.45) is -2.91. The predicted molar refractivity (Wildman–Crippen MR) is 91.0 cm³/mol. The number of nitrogens with zero attached hydrogens (tertiary/aromatic N) is 1. The van der Waals surface area contributed by atoms with Crippen molar-refractivity contribution in [2.24, 2.45) is 0 Å². The molecule has 26 heavy (non-hydrogen) atoms. The molecule has 2 aromatic carbocycles. The van der Waals surface area contributed by atoms with Crippen LogP contribution in [-0.4, -0.2) is 21.3 Å². The van der Waals surface area contributed by atoms with E-state index in [1.54, 1.807) is 12.1 Å². The third kappa shape index (κ3) is 3.91. The van der Waals surface area contributed by atoms with Crippen molar-refractivity contribution in [2.75, 3.05) is 21.3 Å². The van der Waals surface area contributed by atoms with E-state index >= 15 is 0 Å². The molecule has 0 atom stereocenters. The van der Waals surface area contributed by atoms with Crippen LogP contribution < -0.4 is 14.2 Å². The average molecular weight is 363 g/mol. The van der Waals surface area contributed by atoms with E-state index in [0.29, 0.717) is 28.4 Å². The molecule has 0 unspecified atom stereocenters. The molecular weight excluding hydrogens is 347 g/mol. The lowest BCUT2D eigenvalue weighted by molar-refractivity contribution is -0.137. The van der Waals surface area contributed by atoms with Crippen molar-refractivity contribution in [3.05, 3.63) is 53.1 Å². The lowest BCUT2D eigenvalue weighted by Crippen LogP contribution is -2.04. The zero-order chi connectivity index (χ0) is 19.3. The van der Waals surface area contributed by atoms with Gasteiger partial charge in [0.2, 0.25) is 5.75 Å². The Morgan fingerprint density at radius 1 is 0.923 bits per heavy atom. The quantitative estimate of drug-likeness (QED) is 0.566. The van der Waals surface area contributed by atoms with Crippen LogP contribution >= 0.6 is 0 Å². The summed E-state index contributed by atoms with van der Waals surface area (Å²) in [5.41, 5.74) is 0.297. The summed E-state index contributed by atoms with van der Waals surface area (Å²) in [5, 5.41) is 9.42. The van der Waals surface area contributed by atoms with Gasteiger partial charge in [0.25, 0.3) is 0 Å². The molecule has 0 saturated carbocycles. The number of nitriles is 1. The normalized spacial score (nSPS) is 11.7. The number of benzene rings is 2. The minimum atomic E-state index is -4.43. The van der Waals surface area contributed by atoms with Crippen LogP contribution in [0.4, 0.5) is 13.2 Å². The first-order chi connectivity index (χ1) is 12.3. The summed E-state index contributed by atoms with van der Waals surface area (Å²) in [5.74, 6) is 1.16. The van der Waals surface area contributed by atoms with E-state index in [4.69, 9.17) is 14.2 Å². The first kappa shape index (κ1) is 19.2. The molecule has 2 aromatic rings. The van der Waals surface area contributed by atoms with Gasteiger partial charge in [-0.3, -0.25) is 0 Å². The topological polar surface area (TPSA) is 51.5 Å². The van der Waals surface area contributed by atoms with E-state index in [9.17, 15) is 18.4 Å². The number of hydrogen-bond donors (Lipinski definition) is 0. The number of hydrogen-bond acceptors (Lipinski definition) is 4. The van der Waals surface area contributed by atoms with Crippen LogP contribution in [0.15, 0.2) is 36.4 Å². The molecule has 0 saturated heterocycles. The van der Waals surface area contributed by atoms with Crippen molar-refractivity contribution in [3.63, 3.8) is 0 Å². The van der Waals surface area contributed by atoms with Crippen LogP contribution in [0.25, 0.3) is 11.6 Å². The molecule has 0 aliphatic heterocycles. The second-order valence-electron chi connectivity index (χ2n) is 5.17. The second kappa shape index (κ2) is 7.83. The van der Waals surface area contributed by atoms with Crippen molar-refractivity contribution in [3.8, 4) is 23.3 Å². The molecule has 0 fully saturated rings. The number of allylic oxidation sites excluding steroid dienone is 1. The van der Waals surface area contributed by atoms with Crippen LogP contribution in [0.5, 0.6) is 17.2 Å². The van der Waals surface area contributed by atoms with Crippen LogP contribution in [0.1, 0.15) is 16.7 Å². The van der Waals surface area contributed by atoms with Gasteiger partial charge in [-0.1, -0.05) is 12.1 Å². The molecule has 0 aliphatic carbocycles. The number of rotatable bonds is 5. The highest BCUT2D eigenvalue weighted by Crippen LogP contribution is 2.41. The summed E-state index contributed by atoms with van der Waals surface area (Å²) in [7, 11) is 4.38. The summed E-state index contributed by atoms with van der Waals surface area (Å²) in [6.45, 7) is 0. The minimum Gasteiger partial charge on any atom is -0.493 e. The summed E-state index contributed by atoms with van der Waals surface area (Å²) >= 11 is 0. The maximum Gasteiger partial charge on any atom is 0.416 e. The maximum absolute atomic E-state index is 12.7. The highest BCUT2D eigenvalue weighted by Gasteiger charge is 2.30. The van der Waals surface area contributed by atoms with Gasteiger partial charge in [0.15, 0.2) is 11.5 Å². The lowest BCUT2D eigenvalue weighted by Gasteiger charge is -2.14. The predicted octanol–water partition coefficient (Wildman–Crippen LogP) is 4.80. The van der Waals surface area contributed by atoms with Crippen LogP contribution in [0.3, 0.4) is 0 Å². The van der Waals surface area contributed by atoms with E-state index in [0.717, 1.165) is 12.1 Å². The average Bonchev–Trinajstić information content (AvgIpc) is 2.64. The molecule has 0 radical (unpaired) electrons. The third-order valence-electron chi connectivity index (χ3n) is 3.68. The van der Waals surface area contributed by atoms with Crippen molar-refractivity contribution in [2.45, 2.75) is 6.18 Å². The number of ether oxygens (including phenoxy) is 3. The Balaban J connectivity index is 2.51. The smallest absolute Gasteiger partial charge is 0.416 e. The number of alkyl halides is 3. The van der Waals surface area contributed by atoms with Crippen molar-refractivity contribution < 1.29 is 27.4 Å². The van der Waals surface area contributed by atoms with E-state index in [1.807, 2.05) is 6.07 Å². The molecule has 2 rings (SSSR count). The van der Waals surface area contributed by atoms with Crippen LogP contribution in [0, 0.1) is 11.3 Å².